The van der Waals surface area contributed by atoms with Crippen LogP contribution in [-0.4, -0.2) is 65.2 Å². The number of rotatable bonds is 5. The highest BCUT2D eigenvalue weighted by molar-refractivity contribution is 6.02. The third kappa shape index (κ3) is 5.72. The number of nitriles is 1. The SMILES string of the molecule is Cc1cc(/C=C(\C#N)C(=O)N2CCN(C(=O)Nc3ccc(F)cc3)CC2)c(C)n1CC1CCCO1. The molecular formula is C26H30FN5O3. The second kappa shape index (κ2) is 10.7. The van der Waals surface area contributed by atoms with E-state index < -0.39 is 0 Å². The Morgan fingerprint density at radius 3 is 2.49 bits per heavy atom. The molecule has 0 radical (unpaired) electrons. The molecule has 184 valence electrons. The number of urea groups is 1. The van der Waals surface area contributed by atoms with Crippen molar-refractivity contribution >= 4 is 23.7 Å². The molecule has 2 aromatic rings. The van der Waals surface area contributed by atoms with Crippen LogP contribution in [0.5, 0.6) is 0 Å². The number of hydrogen-bond acceptors (Lipinski definition) is 4. The zero-order valence-corrected chi connectivity index (χ0v) is 20.1. The summed E-state index contributed by atoms with van der Waals surface area (Å²) in [6, 6.07) is 9.29. The molecule has 1 aromatic carbocycles. The Labute approximate surface area is 204 Å². The van der Waals surface area contributed by atoms with Gasteiger partial charge in [-0.05, 0) is 68.7 Å². The molecule has 3 heterocycles. The predicted molar refractivity (Wildman–Crippen MR) is 130 cm³/mol. The molecule has 2 fully saturated rings. The number of hydrogen-bond donors (Lipinski definition) is 1. The van der Waals surface area contributed by atoms with Gasteiger partial charge in [0, 0.05) is 56.4 Å². The lowest BCUT2D eigenvalue weighted by Gasteiger charge is -2.34. The molecule has 1 N–H and O–H groups in total. The Kier molecular flexibility index (Phi) is 7.51. The summed E-state index contributed by atoms with van der Waals surface area (Å²) in [5, 5.41) is 12.4. The van der Waals surface area contributed by atoms with Gasteiger partial charge in [-0.3, -0.25) is 4.79 Å². The van der Waals surface area contributed by atoms with Crippen LogP contribution < -0.4 is 5.32 Å². The van der Waals surface area contributed by atoms with Crippen LogP contribution in [0.15, 0.2) is 35.9 Å². The molecule has 1 aromatic heterocycles. The van der Waals surface area contributed by atoms with E-state index in [4.69, 9.17) is 4.74 Å². The van der Waals surface area contributed by atoms with Gasteiger partial charge in [-0.2, -0.15) is 5.26 Å². The van der Waals surface area contributed by atoms with Crippen molar-refractivity contribution in [1.29, 1.82) is 5.26 Å². The highest BCUT2D eigenvalue weighted by Crippen LogP contribution is 2.23. The number of carbonyl (C=O) groups is 2. The Balaban J connectivity index is 1.37. The quantitative estimate of drug-likeness (QED) is 0.523. The average molecular weight is 480 g/mol. The van der Waals surface area contributed by atoms with E-state index in [-0.39, 0.29) is 29.4 Å². The maximum atomic E-state index is 13.1. The molecular weight excluding hydrogens is 449 g/mol. The summed E-state index contributed by atoms with van der Waals surface area (Å²) in [5.74, 6) is -0.712. The second-order valence-corrected chi connectivity index (χ2v) is 8.96. The fourth-order valence-corrected chi connectivity index (χ4v) is 4.56. The maximum Gasteiger partial charge on any atom is 0.321 e. The number of nitrogens with one attached hydrogen (secondary N) is 1. The number of benzene rings is 1. The Bertz CT molecular complexity index is 1150. The van der Waals surface area contributed by atoms with Crippen molar-refractivity contribution in [3.8, 4) is 6.07 Å². The summed E-state index contributed by atoms with van der Waals surface area (Å²) in [7, 11) is 0. The van der Waals surface area contributed by atoms with Crippen LogP contribution >= 0.6 is 0 Å². The normalized spacial score (nSPS) is 18.5. The monoisotopic (exact) mass is 479 g/mol. The number of aromatic nitrogens is 1. The molecule has 0 spiro atoms. The number of piperazine rings is 1. The number of anilines is 1. The minimum atomic E-state index is -0.374. The van der Waals surface area contributed by atoms with Crippen LogP contribution in [0.25, 0.3) is 6.08 Å². The van der Waals surface area contributed by atoms with Gasteiger partial charge in [0.15, 0.2) is 0 Å². The highest BCUT2D eigenvalue weighted by atomic mass is 19.1. The van der Waals surface area contributed by atoms with Crippen molar-refractivity contribution in [3.63, 3.8) is 0 Å². The third-order valence-corrected chi connectivity index (χ3v) is 6.62. The van der Waals surface area contributed by atoms with E-state index in [1.54, 1.807) is 15.9 Å². The molecule has 35 heavy (non-hydrogen) atoms. The number of aryl methyl sites for hydroxylation is 1. The van der Waals surface area contributed by atoms with Crippen LogP contribution in [0.4, 0.5) is 14.9 Å². The predicted octanol–water partition coefficient (Wildman–Crippen LogP) is 3.71. The first-order valence-electron chi connectivity index (χ1n) is 11.9. The second-order valence-electron chi connectivity index (χ2n) is 8.96. The minimum Gasteiger partial charge on any atom is -0.376 e. The van der Waals surface area contributed by atoms with E-state index >= 15 is 0 Å². The fourth-order valence-electron chi connectivity index (χ4n) is 4.56. The van der Waals surface area contributed by atoms with Crippen LogP contribution in [0.3, 0.4) is 0 Å². The fraction of sp³-hybridized carbons (Fsp3) is 0.423. The van der Waals surface area contributed by atoms with Gasteiger partial charge >= 0.3 is 6.03 Å². The van der Waals surface area contributed by atoms with Crippen molar-refractivity contribution in [2.24, 2.45) is 0 Å². The van der Waals surface area contributed by atoms with Gasteiger partial charge in [-0.1, -0.05) is 0 Å². The van der Waals surface area contributed by atoms with Crippen LogP contribution in [0.2, 0.25) is 0 Å². The number of amides is 3. The lowest BCUT2D eigenvalue weighted by Crippen LogP contribution is -2.51. The topological polar surface area (TPSA) is 90.6 Å². The van der Waals surface area contributed by atoms with Crippen molar-refractivity contribution in [3.05, 3.63) is 58.7 Å². The Morgan fingerprint density at radius 1 is 1.17 bits per heavy atom. The third-order valence-electron chi connectivity index (χ3n) is 6.62. The Hall–Kier alpha value is -3.64. The summed E-state index contributed by atoms with van der Waals surface area (Å²) in [4.78, 5) is 28.8. The van der Waals surface area contributed by atoms with E-state index in [2.05, 4.69) is 16.0 Å². The van der Waals surface area contributed by atoms with E-state index in [1.807, 2.05) is 19.9 Å². The van der Waals surface area contributed by atoms with Gasteiger partial charge in [-0.25, -0.2) is 9.18 Å². The lowest BCUT2D eigenvalue weighted by atomic mass is 10.1. The number of halogens is 1. The summed E-state index contributed by atoms with van der Waals surface area (Å²) >= 11 is 0. The molecule has 0 bridgehead atoms. The number of nitrogens with zero attached hydrogens (tertiary/aromatic N) is 4. The van der Waals surface area contributed by atoms with Gasteiger partial charge in [0.25, 0.3) is 5.91 Å². The summed E-state index contributed by atoms with van der Waals surface area (Å²) in [6.07, 6.45) is 3.97. The minimum absolute atomic E-state index is 0.0755. The van der Waals surface area contributed by atoms with Crippen molar-refractivity contribution < 1.29 is 18.7 Å². The summed E-state index contributed by atoms with van der Waals surface area (Å²) in [6.45, 7) is 6.91. The van der Waals surface area contributed by atoms with Crippen LogP contribution in [0.1, 0.15) is 29.8 Å². The smallest absolute Gasteiger partial charge is 0.321 e. The molecule has 1 atom stereocenters. The van der Waals surface area contributed by atoms with Crippen molar-refractivity contribution in [1.82, 2.24) is 14.4 Å². The average Bonchev–Trinajstić information content (AvgIpc) is 3.47. The van der Waals surface area contributed by atoms with Crippen LogP contribution in [0, 0.1) is 31.0 Å². The van der Waals surface area contributed by atoms with Gasteiger partial charge in [0.05, 0.1) is 6.10 Å². The van der Waals surface area contributed by atoms with Crippen molar-refractivity contribution in [2.75, 3.05) is 38.1 Å². The van der Waals surface area contributed by atoms with Crippen LogP contribution in [-0.2, 0) is 16.1 Å². The van der Waals surface area contributed by atoms with Gasteiger partial charge in [0.1, 0.15) is 17.5 Å². The molecule has 2 saturated heterocycles. The molecule has 2 aliphatic heterocycles. The molecule has 0 aliphatic carbocycles. The Morgan fingerprint density at radius 2 is 1.86 bits per heavy atom. The number of carbonyl (C=O) groups excluding carboxylic acids is 2. The first-order valence-corrected chi connectivity index (χ1v) is 11.9. The summed E-state index contributed by atoms with van der Waals surface area (Å²) < 4.78 is 21.0. The molecule has 0 saturated carbocycles. The molecule has 3 amide bonds. The molecule has 2 aliphatic rings. The summed E-state index contributed by atoms with van der Waals surface area (Å²) in [5.41, 5.74) is 3.49. The van der Waals surface area contributed by atoms with E-state index in [1.165, 1.54) is 24.3 Å². The van der Waals surface area contributed by atoms with Gasteiger partial charge < -0.3 is 24.4 Å². The van der Waals surface area contributed by atoms with E-state index in [9.17, 15) is 19.2 Å². The molecule has 1 unspecified atom stereocenters. The first-order chi connectivity index (χ1) is 16.9. The van der Waals surface area contributed by atoms with Gasteiger partial charge in [0.2, 0.25) is 0 Å². The molecule has 8 nitrogen and oxygen atoms in total. The van der Waals surface area contributed by atoms with Gasteiger partial charge in [-0.15, -0.1) is 0 Å². The largest absolute Gasteiger partial charge is 0.376 e. The molecule has 4 rings (SSSR count). The van der Waals surface area contributed by atoms with E-state index in [0.717, 1.165) is 42.9 Å². The standard InChI is InChI=1S/C26H30FN5O3/c1-18-14-20(19(2)32(18)17-24-4-3-13-35-24)15-21(16-28)25(33)30-9-11-31(12-10-30)26(34)29-23-7-5-22(27)6-8-23/h5-8,14-15,24H,3-4,9-13,17H2,1-2H3,(H,29,34)/b21-15+. The molecule has 9 heteroatoms. The highest BCUT2D eigenvalue weighted by Gasteiger charge is 2.27. The lowest BCUT2D eigenvalue weighted by molar-refractivity contribution is -0.127. The number of ether oxygens (including phenoxy) is 1. The van der Waals surface area contributed by atoms with Crippen molar-refractivity contribution in [2.45, 2.75) is 39.3 Å². The zero-order valence-electron chi connectivity index (χ0n) is 20.1. The maximum absolute atomic E-state index is 13.1. The first kappa shape index (κ1) is 24.5. The van der Waals surface area contributed by atoms with E-state index in [0.29, 0.717) is 31.9 Å². The zero-order chi connectivity index (χ0) is 24.9.